The molecule has 7 heteroatoms. The maximum Gasteiger partial charge on any atom is 0.325 e. The quantitative estimate of drug-likeness (QED) is 0.490. The van der Waals surface area contributed by atoms with Gasteiger partial charge in [-0.05, 0) is 44.0 Å². The molecule has 0 spiro atoms. The molecule has 1 aliphatic rings. The zero-order valence-electron chi connectivity index (χ0n) is 15.5. The van der Waals surface area contributed by atoms with E-state index in [1.165, 1.54) is 0 Å². The Kier molecular flexibility index (Phi) is 6.81. The Bertz CT molecular complexity index is 707. The van der Waals surface area contributed by atoms with E-state index < -0.39 is 17.5 Å². The van der Waals surface area contributed by atoms with Gasteiger partial charge in [0.25, 0.3) is 5.91 Å². The first kappa shape index (κ1) is 20.4. The predicted octanol–water partition coefficient (Wildman–Crippen LogP) is 3.98. The van der Waals surface area contributed by atoms with Gasteiger partial charge < -0.3 is 10.6 Å². The predicted molar refractivity (Wildman–Crippen MR) is 105 cm³/mol. The van der Waals surface area contributed by atoms with Crippen molar-refractivity contribution in [2.45, 2.75) is 58.4 Å². The Morgan fingerprint density at radius 1 is 1.27 bits per heavy atom. The normalized spacial score (nSPS) is 19.6. The van der Waals surface area contributed by atoms with Gasteiger partial charge in [-0.2, -0.15) is 0 Å². The van der Waals surface area contributed by atoms with E-state index in [2.05, 4.69) is 33.5 Å². The van der Waals surface area contributed by atoms with Crippen molar-refractivity contribution < 1.29 is 14.4 Å². The molecular weight excluding hydrogens is 398 g/mol. The third-order valence-electron chi connectivity index (χ3n) is 4.62. The summed E-state index contributed by atoms with van der Waals surface area (Å²) >= 11 is 3.41. The second-order valence-electron chi connectivity index (χ2n) is 6.98. The zero-order chi connectivity index (χ0) is 19.3. The summed E-state index contributed by atoms with van der Waals surface area (Å²) in [5.74, 6) is -0.730. The molecule has 1 saturated heterocycles. The van der Waals surface area contributed by atoms with Gasteiger partial charge in [-0.1, -0.05) is 48.5 Å². The van der Waals surface area contributed by atoms with Crippen molar-refractivity contribution in [1.82, 2.24) is 10.2 Å². The van der Waals surface area contributed by atoms with E-state index in [0.29, 0.717) is 12.1 Å². The lowest BCUT2D eigenvalue weighted by molar-refractivity contribution is -0.133. The molecule has 1 fully saturated rings. The fourth-order valence-electron chi connectivity index (χ4n) is 3.03. The SMILES string of the molecule is CCCCCCC1(C)NC(=O)N(CC(=O)Nc2ccc(Br)c(C)c2)C1=O. The van der Waals surface area contributed by atoms with E-state index in [0.717, 1.165) is 40.6 Å². The number of benzene rings is 1. The standard InChI is InChI=1S/C19H26BrN3O3/c1-4-5-6-7-10-19(3)17(25)23(18(26)22-19)12-16(24)21-14-8-9-15(20)13(2)11-14/h8-9,11H,4-7,10,12H2,1-3H3,(H,21,24)(H,22,26). The molecule has 1 aliphatic heterocycles. The fraction of sp³-hybridized carbons (Fsp3) is 0.526. The topological polar surface area (TPSA) is 78.5 Å². The van der Waals surface area contributed by atoms with Crippen LogP contribution in [-0.4, -0.2) is 34.8 Å². The Balaban J connectivity index is 1.95. The third-order valence-corrected chi connectivity index (χ3v) is 5.51. The van der Waals surface area contributed by atoms with Crippen LogP contribution in [0.3, 0.4) is 0 Å². The summed E-state index contributed by atoms with van der Waals surface area (Å²) in [7, 11) is 0. The molecular formula is C19H26BrN3O3. The number of hydrogen-bond acceptors (Lipinski definition) is 3. The molecule has 1 heterocycles. The summed E-state index contributed by atoms with van der Waals surface area (Å²) < 4.78 is 0.948. The molecule has 0 radical (unpaired) electrons. The van der Waals surface area contributed by atoms with E-state index in [-0.39, 0.29) is 12.5 Å². The third kappa shape index (κ3) is 4.84. The van der Waals surface area contributed by atoms with Crippen LogP contribution in [0.4, 0.5) is 10.5 Å². The summed E-state index contributed by atoms with van der Waals surface area (Å²) in [5, 5.41) is 5.48. The maximum atomic E-state index is 12.6. The molecule has 1 aromatic carbocycles. The molecule has 0 saturated carbocycles. The zero-order valence-corrected chi connectivity index (χ0v) is 17.1. The number of carbonyl (C=O) groups excluding carboxylic acids is 3. The van der Waals surface area contributed by atoms with Gasteiger partial charge in [-0.15, -0.1) is 0 Å². The van der Waals surface area contributed by atoms with Gasteiger partial charge in [0.05, 0.1) is 0 Å². The second-order valence-corrected chi connectivity index (χ2v) is 7.83. The van der Waals surface area contributed by atoms with Crippen molar-refractivity contribution in [3.05, 3.63) is 28.2 Å². The molecule has 26 heavy (non-hydrogen) atoms. The number of urea groups is 1. The smallest absolute Gasteiger partial charge is 0.325 e. The molecule has 0 aliphatic carbocycles. The molecule has 2 rings (SSSR count). The average Bonchev–Trinajstić information content (AvgIpc) is 2.79. The highest BCUT2D eigenvalue weighted by atomic mass is 79.9. The van der Waals surface area contributed by atoms with Crippen molar-refractivity contribution in [1.29, 1.82) is 0 Å². The summed E-state index contributed by atoms with van der Waals surface area (Å²) in [6, 6.07) is 4.92. The molecule has 4 amide bonds. The summed E-state index contributed by atoms with van der Waals surface area (Å²) in [4.78, 5) is 38.1. The number of nitrogens with one attached hydrogen (secondary N) is 2. The van der Waals surface area contributed by atoms with Crippen LogP contribution in [0.5, 0.6) is 0 Å². The molecule has 6 nitrogen and oxygen atoms in total. The number of carbonyl (C=O) groups is 3. The average molecular weight is 424 g/mol. The Hall–Kier alpha value is -1.89. The lowest BCUT2D eigenvalue weighted by Gasteiger charge is -2.21. The van der Waals surface area contributed by atoms with Crippen molar-refractivity contribution in [3.8, 4) is 0 Å². The highest BCUT2D eigenvalue weighted by molar-refractivity contribution is 9.10. The van der Waals surface area contributed by atoms with Crippen LogP contribution in [0.2, 0.25) is 0 Å². The van der Waals surface area contributed by atoms with Crippen LogP contribution in [0.25, 0.3) is 0 Å². The van der Waals surface area contributed by atoms with Gasteiger partial charge >= 0.3 is 6.03 Å². The summed E-state index contributed by atoms with van der Waals surface area (Å²) in [6.45, 7) is 5.48. The number of rotatable bonds is 8. The van der Waals surface area contributed by atoms with Crippen LogP contribution in [0, 0.1) is 6.92 Å². The van der Waals surface area contributed by atoms with E-state index in [1.54, 1.807) is 13.0 Å². The number of halogens is 1. The van der Waals surface area contributed by atoms with Gasteiger partial charge in [0.15, 0.2) is 0 Å². The van der Waals surface area contributed by atoms with Crippen LogP contribution in [-0.2, 0) is 9.59 Å². The number of anilines is 1. The molecule has 1 aromatic rings. The second kappa shape index (κ2) is 8.66. The molecule has 1 atom stereocenters. The van der Waals surface area contributed by atoms with Gasteiger partial charge in [-0.25, -0.2) is 4.79 Å². The minimum absolute atomic E-state index is 0.287. The van der Waals surface area contributed by atoms with E-state index >= 15 is 0 Å². The largest absolute Gasteiger partial charge is 0.325 e. The Labute approximate surface area is 162 Å². The number of nitrogens with zero attached hydrogens (tertiary/aromatic N) is 1. The molecule has 1 unspecified atom stereocenters. The molecule has 2 N–H and O–H groups in total. The molecule has 0 bridgehead atoms. The minimum Gasteiger partial charge on any atom is -0.325 e. The van der Waals surface area contributed by atoms with E-state index in [1.807, 2.05) is 19.1 Å². The van der Waals surface area contributed by atoms with Crippen molar-refractivity contribution >= 4 is 39.5 Å². The minimum atomic E-state index is -0.917. The van der Waals surface area contributed by atoms with Gasteiger partial charge in [0, 0.05) is 10.2 Å². The molecule has 142 valence electrons. The monoisotopic (exact) mass is 423 g/mol. The number of imide groups is 1. The lowest BCUT2D eigenvalue weighted by atomic mass is 9.94. The van der Waals surface area contributed by atoms with E-state index in [9.17, 15) is 14.4 Å². The Morgan fingerprint density at radius 2 is 2.00 bits per heavy atom. The maximum absolute atomic E-state index is 12.6. The fourth-order valence-corrected chi connectivity index (χ4v) is 3.28. The highest BCUT2D eigenvalue weighted by Crippen LogP contribution is 2.24. The first-order valence-corrected chi connectivity index (χ1v) is 9.76. The number of amides is 4. The highest BCUT2D eigenvalue weighted by Gasteiger charge is 2.47. The first-order chi connectivity index (χ1) is 12.3. The number of hydrogen-bond donors (Lipinski definition) is 2. The Morgan fingerprint density at radius 3 is 2.65 bits per heavy atom. The van der Waals surface area contributed by atoms with Crippen LogP contribution < -0.4 is 10.6 Å². The van der Waals surface area contributed by atoms with Gasteiger partial charge in [-0.3, -0.25) is 14.5 Å². The number of unbranched alkanes of at least 4 members (excludes halogenated alkanes) is 3. The summed E-state index contributed by atoms with van der Waals surface area (Å²) in [5.41, 5.74) is 0.696. The summed E-state index contributed by atoms with van der Waals surface area (Å²) in [6.07, 6.45) is 4.70. The number of aryl methyl sites for hydroxylation is 1. The van der Waals surface area contributed by atoms with E-state index in [4.69, 9.17) is 0 Å². The first-order valence-electron chi connectivity index (χ1n) is 8.97. The van der Waals surface area contributed by atoms with Crippen molar-refractivity contribution in [2.75, 3.05) is 11.9 Å². The van der Waals surface area contributed by atoms with Crippen LogP contribution in [0.1, 0.15) is 51.5 Å². The van der Waals surface area contributed by atoms with Gasteiger partial charge in [0.1, 0.15) is 12.1 Å². The van der Waals surface area contributed by atoms with Crippen molar-refractivity contribution in [3.63, 3.8) is 0 Å². The van der Waals surface area contributed by atoms with Crippen molar-refractivity contribution in [2.24, 2.45) is 0 Å². The lowest BCUT2D eigenvalue weighted by Crippen LogP contribution is -2.44. The van der Waals surface area contributed by atoms with Crippen LogP contribution in [0.15, 0.2) is 22.7 Å². The van der Waals surface area contributed by atoms with Crippen LogP contribution >= 0.6 is 15.9 Å². The van der Waals surface area contributed by atoms with Gasteiger partial charge in [0.2, 0.25) is 5.91 Å². The molecule has 0 aromatic heterocycles.